The average Bonchev–Trinajstić information content (AvgIpc) is 3.24. The number of nitrogens with zero attached hydrogens (tertiary/aromatic N) is 3. The van der Waals surface area contributed by atoms with Crippen LogP contribution < -0.4 is 15.0 Å². The van der Waals surface area contributed by atoms with E-state index in [1.54, 1.807) is 26.2 Å². The van der Waals surface area contributed by atoms with Crippen molar-refractivity contribution in [1.29, 1.82) is 0 Å². The van der Waals surface area contributed by atoms with Crippen LogP contribution >= 0.6 is 0 Å². The smallest absolute Gasteiger partial charge is 0.214 e. The zero-order chi connectivity index (χ0) is 24.9. The molecule has 0 radical (unpaired) electrons. The van der Waals surface area contributed by atoms with Crippen LogP contribution in [-0.2, 0) is 16.2 Å². The quantitative estimate of drug-likeness (QED) is 0.330. The van der Waals surface area contributed by atoms with Crippen LogP contribution in [-0.4, -0.2) is 40.3 Å². The Hall–Kier alpha value is -4.17. The van der Waals surface area contributed by atoms with Gasteiger partial charge in [-0.25, -0.2) is 4.98 Å². The van der Waals surface area contributed by atoms with Crippen molar-refractivity contribution in [3.8, 4) is 17.0 Å². The fourth-order valence-electron chi connectivity index (χ4n) is 4.03. The molecule has 8 nitrogen and oxygen atoms in total. The molecule has 2 heterocycles. The monoisotopic (exact) mass is 472 g/mol. The fraction of sp³-hybridized carbons (Fsp3) is 0.222. The molecule has 0 aliphatic rings. The number of aryl methyl sites for hydroxylation is 1. The molecule has 0 atom stereocenters. The first-order valence-corrected chi connectivity index (χ1v) is 11.4. The Bertz CT molecular complexity index is 1380. The Morgan fingerprint density at radius 1 is 1.20 bits per heavy atom. The van der Waals surface area contributed by atoms with E-state index in [1.165, 1.54) is 4.90 Å². The number of carbonyl (C=O) groups is 2. The summed E-state index contributed by atoms with van der Waals surface area (Å²) in [4.78, 5) is 29.7. The van der Waals surface area contributed by atoms with Crippen molar-refractivity contribution in [2.75, 3.05) is 23.9 Å². The number of methoxy groups -OCH3 is 1. The number of Topliss-reactive ketones (excluding diaryl/α,β-unsaturated/α-hetero) is 1. The first-order chi connectivity index (χ1) is 17.0. The zero-order valence-electron chi connectivity index (χ0n) is 20.0. The molecule has 4 aromatic rings. The number of nitrogens with one attached hydrogen (secondary N) is 1. The van der Waals surface area contributed by atoms with Crippen molar-refractivity contribution >= 4 is 34.9 Å². The van der Waals surface area contributed by atoms with Gasteiger partial charge in [0.15, 0.2) is 11.4 Å². The molecule has 0 aliphatic carbocycles. The molecular weight excluding hydrogens is 444 g/mol. The molecule has 0 spiro atoms. The Labute approximate surface area is 203 Å². The molecule has 35 heavy (non-hydrogen) atoms. The van der Waals surface area contributed by atoms with Gasteiger partial charge in [-0.15, -0.1) is 0 Å². The summed E-state index contributed by atoms with van der Waals surface area (Å²) in [7, 11) is 1.64. The van der Waals surface area contributed by atoms with Crippen molar-refractivity contribution in [2.24, 2.45) is 0 Å². The second-order valence-electron chi connectivity index (χ2n) is 8.15. The van der Waals surface area contributed by atoms with Crippen LogP contribution in [0.25, 0.3) is 16.9 Å². The van der Waals surface area contributed by atoms with Gasteiger partial charge in [0.2, 0.25) is 6.41 Å². The van der Waals surface area contributed by atoms with Crippen LogP contribution in [0.4, 0.5) is 17.1 Å². The first kappa shape index (κ1) is 24.0. The summed E-state index contributed by atoms with van der Waals surface area (Å²) in [5.41, 5.74) is 6.10. The molecule has 4 rings (SSSR count). The molecule has 0 saturated carbocycles. The van der Waals surface area contributed by atoms with Gasteiger partial charge >= 0.3 is 0 Å². The lowest BCUT2D eigenvalue weighted by molar-refractivity contribution is -0.119. The number of fused-ring (bicyclic) bond motifs is 1. The first-order valence-electron chi connectivity index (χ1n) is 11.4. The standard InChI is InChI=1S/C27H28N4O4/c1-4-22(34)15-30(17-33)25-11-10-21(13-20(25)16-32)28-24-9-6-12-31-18(2)26(29-27(24)31)19-7-5-8-23(14-19)35-3/h5-14,17,28,32H,4,15-16H2,1-3H3. The van der Waals surface area contributed by atoms with Crippen LogP contribution in [0.1, 0.15) is 24.6 Å². The van der Waals surface area contributed by atoms with Gasteiger partial charge in [-0.3, -0.25) is 9.59 Å². The van der Waals surface area contributed by atoms with Crippen LogP contribution in [0.5, 0.6) is 5.75 Å². The maximum Gasteiger partial charge on any atom is 0.214 e. The third kappa shape index (κ3) is 4.88. The summed E-state index contributed by atoms with van der Waals surface area (Å²) in [5, 5.41) is 13.3. The predicted octanol–water partition coefficient (Wildman–Crippen LogP) is 4.50. The summed E-state index contributed by atoms with van der Waals surface area (Å²) in [6.45, 7) is 3.47. The summed E-state index contributed by atoms with van der Waals surface area (Å²) in [6, 6.07) is 17.0. The number of carbonyl (C=O) groups excluding carboxylic acids is 2. The van der Waals surface area contributed by atoms with Crippen molar-refractivity contribution in [1.82, 2.24) is 9.38 Å². The third-order valence-corrected chi connectivity index (χ3v) is 5.94. The van der Waals surface area contributed by atoms with Gasteiger partial charge in [-0.05, 0) is 49.4 Å². The van der Waals surface area contributed by atoms with Gasteiger partial charge in [0, 0.05) is 40.8 Å². The van der Waals surface area contributed by atoms with E-state index in [9.17, 15) is 14.7 Å². The third-order valence-electron chi connectivity index (χ3n) is 5.94. The molecule has 2 N–H and O–H groups in total. The number of hydrogen-bond donors (Lipinski definition) is 2. The SMILES string of the molecule is CCC(=O)CN(C=O)c1ccc(Nc2cccn3c(C)c(-c4cccc(OC)c4)nc23)cc1CO. The van der Waals surface area contributed by atoms with Gasteiger partial charge in [-0.1, -0.05) is 19.1 Å². The predicted molar refractivity (Wildman–Crippen MR) is 136 cm³/mol. The number of imidazole rings is 1. The highest BCUT2D eigenvalue weighted by Gasteiger charge is 2.16. The van der Waals surface area contributed by atoms with E-state index in [2.05, 4.69) is 5.32 Å². The fourth-order valence-corrected chi connectivity index (χ4v) is 4.03. The van der Waals surface area contributed by atoms with E-state index >= 15 is 0 Å². The minimum atomic E-state index is -0.276. The highest BCUT2D eigenvalue weighted by atomic mass is 16.5. The summed E-state index contributed by atoms with van der Waals surface area (Å²) in [5.74, 6) is 0.704. The zero-order valence-corrected chi connectivity index (χ0v) is 20.0. The molecule has 2 aromatic heterocycles. The summed E-state index contributed by atoms with van der Waals surface area (Å²) >= 11 is 0. The number of aliphatic hydroxyl groups is 1. The number of amides is 1. The second-order valence-corrected chi connectivity index (χ2v) is 8.15. The van der Waals surface area contributed by atoms with Crippen LogP contribution in [0.3, 0.4) is 0 Å². The largest absolute Gasteiger partial charge is 0.497 e. The molecule has 180 valence electrons. The van der Waals surface area contributed by atoms with E-state index in [0.29, 0.717) is 24.1 Å². The number of hydrogen-bond acceptors (Lipinski definition) is 6. The molecule has 2 aromatic carbocycles. The lowest BCUT2D eigenvalue weighted by Gasteiger charge is -2.20. The highest BCUT2D eigenvalue weighted by Crippen LogP contribution is 2.31. The number of rotatable bonds is 10. The molecule has 0 bridgehead atoms. The Balaban J connectivity index is 1.69. The number of pyridine rings is 1. The lowest BCUT2D eigenvalue weighted by Crippen LogP contribution is -2.28. The molecular formula is C27H28N4O4. The van der Waals surface area contributed by atoms with E-state index in [1.807, 2.05) is 60.0 Å². The number of ether oxygens (including phenoxy) is 1. The second kappa shape index (κ2) is 10.4. The van der Waals surface area contributed by atoms with Crippen molar-refractivity contribution in [2.45, 2.75) is 26.9 Å². The van der Waals surface area contributed by atoms with Crippen LogP contribution in [0.2, 0.25) is 0 Å². The van der Waals surface area contributed by atoms with Crippen LogP contribution in [0, 0.1) is 6.92 Å². The lowest BCUT2D eigenvalue weighted by atomic mass is 10.1. The Morgan fingerprint density at radius 3 is 2.74 bits per heavy atom. The van der Waals surface area contributed by atoms with E-state index in [0.717, 1.165) is 39.7 Å². The van der Waals surface area contributed by atoms with Gasteiger partial charge < -0.3 is 24.5 Å². The molecule has 1 amide bonds. The summed E-state index contributed by atoms with van der Waals surface area (Å²) in [6.07, 6.45) is 2.91. The molecule has 0 fully saturated rings. The number of benzene rings is 2. The van der Waals surface area contributed by atoms with E-state index in [-0.39, 0.29) is 18.9 Å². The molecule has 0 saturated heterocycles. The number of anilines is 3. The number of ketones is 1. The van der Waals surface area contributed by atoms with Gasteiger partial charge in [0.25, 0.3) is 0 Å². The molecule has 0 unspecified atom stereocenters. The maximum atomic E-state index is 11.9. The van der Waals surface area contributed by atoms with Crippen LogP contribution in [0.15, 0.2) is 60.8 Å². The number of aliphatic hydroxyl groups excluding tert-OH is 1. The molecule has 0 aliphatic heterocycles. The number of aromatic nitrogens is 2. The minimum Gasteiger partial charge on any atom is -0.497 e. The van der Waals surface area contributed by atoms with Gasteiger partial charge in [0.05, 0.1) is 31.6 Å². The average molecular weight is 473 g/mol. The van der Waals surface area contributed by atoms with Gasteiger partial charge in [0.1, 0.15) is 5.75 Å². The Morgan fingerprint density at radius 2 is 2.03 bits per heavy atom. The van der Waals surface area contributed by atoms with Gasteiger partial charge in [-0.2, -0.15) is 0 Å². The molecule has 8 heteroatoms. The van der Waals surface area contributed by atoms with Crippen molar-refractivity contribution in [3.63, 3.8) is 0 Å². The van der Waals surface area contributed by atoms with Crippen molar-refractivity contribution in [3.05, 3.63) is 72.1 Å². The van der Waals surface area contributed by atoms with E-state index in [4.69, 9.17) is 9.72 Å². The normalized spacial score (nSPS) is 10.9. The highest BCUT2D eigenvalue weighted by molar-refractivity contribution is 5.91. The Kier molecular flexibility index (Phi) is 7.12. The topological polar surface area (TPSA) is 96.2 Å². The maximum absolute atomic E-state index is 11.9. The van der Waals surface area contributed by atoms with Crippen molar-refractivity contribution < 1.29 is 19.4 Å². The summed E-state index contributed by atoms with van der Waals surface area (Å²) < 4.78 is 7.38. The minimum absolute atomic E-state index is 0.0283. The van der Waals surface area contributed by atoms with E-state index < -0.39 is 0 Å².